The second kappa shape index (κ2) is 5.63. The van der Waals surface area contributed by atoms with Gasteiger partial charge in [0.2, 0.25) is 11.1 Å². The van der Waals surface area contributed by atoms with Crippen molar-refractivity contribution in [3.8, 4) is 6.01 Å². The highest BCUT2D eigenvalue weighted by molar-refractivity contribution is 7.99. The van der Waals surface area contributed by atoms with Crippen LogP contribution in [-0.4, -0.2) is 29.1 Å². The molecule has 0 unspecified atom stereocenters. The molecule has 0 aliphatic rings. The molecule has 7 heteroatoms. The molecule has 2 aromatic rings. The maximum Gasteiger partial charge on any atom is 0.321 e. The predicted molar refractivity (Wildman–Crippen MR) is 66.4 cm³/mol. The number of ether oxygens (including phenoxy) is 1. The van der Waals surface area contributed by atoms with Crippen LogP contribution in [0.2, 0.25) is 0 Å². The van der Waals surface area contributed by atoms with Crippen LogP contribution in [-0.2, 0) is 0 Å². The van der Waals surface area contributed by atoms with E-state index in [1.807, 2.05) is 0 Å². The molecule has 94 valence electrons. The first-order valence-electron chi connectivity index (χ1n) is 5.13. The quantitative estimate of drug-likeness (QED) is 0.915. The van der Waals surface area contributed by atoms with E-state index in [1.165, 1.54) is 13.2 Å². The first-order chi connectivity index (χ1) is 8.72. The standard InChI is InChI=1S/C11H11FN4OS/c1-13-9-14-10(17-2)16-11(15-9)18-8-6-4-3-5-7(8)12/h3-6H,1-2H3,(H,13,14,15,16). The topological polar surface area (TPSA) is 59.9 Å². The van der Waals surface area contributed by atoms with E-state index in [4.69, 9.17) is 4.74 Å². The van der Waals surface area contributed by atoms with Gasteiger partial charge in [-0.3, -0.25) is 0 Å². The number of benzene rings is 1. The molecule has 0 amide bonds. The van der Waals surface area contributed by atoms with Crippen LogP contribution in [0.3, 0.4) is 0 Å². The number of hydrogen-bond acceptors (Lipinski definition) is 6. The molecular weight excluding hydrogens is 255 g/mol. The normalized spacial score (nSPS) is 10.2. The molecule has 0 saturated carbocycles. The minimum Gasteiger partial charge on any atom is -0.467 e. The lowest BCUT2D eigenvalue weighted by atomic mass is 10.4. The van der Waals surface area contributed by atoms with Crippen molar-refractivity contribution in [2.75, 3.05) is 19.5 Å². The fourth-order valence-electron chi connectivity index (χ4n) is 1.21. The number of methoxy groups -OCH3 is 1. The Balaban J connectivity index is 2.31. The van der Waals surface area contributed by atoms with Crippen molar-refractivity contribution in [3.05, 3.63) is 30.1 Å². The summed E-state index contributed by atoms with van der Waals surface area (Å²) >= 11 is 1.12. The number of halogens is 1. The first-order valence-corrected chi connectivity index (χ1v) is 5.95. The maximum absolute atomic E-state index is 13.5. The maximum atomic E-state index is 13.5. The van der Waals surface area contributed by atoms with Crippen molar-refractivity contribution in [1.29, 1.82) is 0 Å². The number of nitrogens with one attached hydrogen (secondary N) is 1. The van der Waals surface area contributed by atoms with Crippen LogP contribution in [0.5, 0.6) is 6.01 Å². The lowest BCUT2D eigenvalue weighted by Crippen LogP contribution is -2.02. The predicted octanol–water partition coefficient (Wildman–Crippen LogP) is 2.21. The van der Waals surface area contributed by atoms with Gasteiger partial charge in [-0.25, -0.2) is 4.39 Å². The van der Waals surface area contributed by atoms with Crippen LogP contribution in [0, 0.1) is 5.82 Å². The summed E-state index contributed by atoms with van der Waals surface area (Å²) in [7, 11) is 3.15. The zero-order chi connectivity index (χ0) is 13.0. The molecule has 0 saturated heterocycles. The molecule has 1 N–H and O–H groups in total. The van der Waals surface area contributed by atoms with Gasteiger partial charge < -0.3 is 10.1 Å². The molecule has 0 radical (unpaired) electrons. The average Bonchev–Trinajstić information content (AvgIpc) is 2.41. The zero-order valence-corrected chi connectivity index (χ0v) is 10.7. The molecule has 1 aromatic carbocycles. The van der Waals surface area contributed by atoms with Gasteiger partial charge in [-0.2, -0.15) is 15.0 Å². The third-order valence-electron chi connectivity index (χ3n) is 2.04. The Morgan fingerprint density at radius 2 is 2.00 bits per heavy atom. The van der Waals surface area contributed by atoms with E-state index in [-0.39, 0.29) is 11.8 Å². The molecule has 1 aromatic heterocycles. The van der Waals surface area contributed by atoms with E-state index in [2.05, 4.69) is 20.3 Å². The Hall–Kier alpha value is -1.89. The minimum atomic E-state index is -0.312. The molecule has 0 aliphatic heterocycles. The molecule has 2 rings (SSSR count). The van der Waals surface area contributed by atoms with Gasteiger partial charge in [0, 0.05) is 7.05 Å². The Morgan fingerprint density at radius 3 is 2.67 bits per heavy atom. The van der Waals surface area contributed by atoms with E-state index in [0.717, 1.165) is 11.8 Å². The van der Waals surface area contributed by atoms with Crippen molar-refractivity contribution >= 4 is 17.7 Å². The summed E-state index contributed by atoms with van der Waals surface area (Å²) in [5.74, 6) is 0.0635. The second-order valence-electron chi connectivity index (χ2n) is 3.21. The summed E-state index contributed by atoms with van der Waals surface area (Å²) in [5, 5.41) is 3.16. The van der Waals surface area contributed by atoms with E-state index in [1.54, 1.807) is 25.2 Å². The number of nitrogens with zero attached hydrogens (tertiary/aromatic N) is 3. The average molecular weight is 266 g/mol. The van der Waals surface area contributed by atoms with E-state index < -0.39 is 0 Å². The van der Waals surface area contributed by atoms with Crippen LogP contribution in [0.1, 0.15) is 0 Å². The van der Waals surface area contributed by atoms with Gasteiger partial charge in [0.15, 0.2) is 0 Å². The van der Waals surface area contributed by atoms with Crippen molar-refractivity contribution in [2.24, 2.45) is 0 Å². The van der Waals surface area contributed by atoms with Gasteiger partial charge in [0.1, 0.15) is 5.82 Å². The summed E-state index contributed by atoms with van der Waals surface area (Å²) in [6.07, 6.45) is 0. The number of anilines is 1. The van der Waals surface area contributed by atoms with Gasteiger partial charge in [0.05, 0.1) is 12.0 Å². The summed E-state index contributed by atoms with van der Waals surface area (Å²) in [6, 6.07) is 6.62. The number of rotatable bonds is 4. The Labute approximate surface area is 108 Å². The third kappa shape index (κ3) is 2.86. The molecule has 0 fully saturated rings. The highest BCUT2D eigenvalue weighted by atomic mass is 32.2. The SMILES string of the molecule is CNc1nc(OC)nc(Sc2ccccc2F)n1. The smallest absolute Gasteiger partial charge is 0.321 e. The highest BCUT2D eigenvalue weighted by Gasteiger charge is 2.09. The monoisotopic (exact) mass is 266 g/mol. The molecule has 0 spiro atoms. The molecule has 18 heavy (non-hydrogen) atoms. The van der Waals surface area contributed by atoms with Gasteiger partial charge >= 0.3 is 6.01 Å². The van der Waals surface area contributed by atoms with Crippen LogP contribution in [0.15, 0.2) is 34.3 Å². The molecular formula is C11H11FN4OS. The summed E-state index contributed by atoms with van der Waals surface area (Å²) in [4.78, 5) is 12.6. The summed E-state index contributed by atoms with van der Waals surface area (Å²) < 4.78 is 18.5. The van der Waals surface area contributed by atoms with Crippen molar-refractivity contribution in [3.63, 3.8) is 0 Å². The molecule has 0 atom stereocenters. The van der Waals surface area contributed by atoms with Gasteiger partial charge in [-0.1, -0.05) is 12.1 Å². The third-order valence-corrected chi connectivity index (χ3v) is 2.95. The van der Waals surface area contributed by atoms with Crippen LogP contribution >= 0.6 is 11.8 Å². The summed E-state index contributed by atoms with van der Waals surface area (Å²) in [5.41, 5.74) is 0. The van der Waals surface area contributed by atoms with Crippen LogP contribution in [0.25, 0.3) is 0 Å². The van der Waals surface area contributed by atoms with E-state index in [0.29, 0.717) is 16.0 Å². The van der Waals surface area contributed by atoms with Crippen LogP contribution < -0.4 is 10.1 Å². The van der Waals surface area contributed by atoms with Gasteiger partial charge in [-0.15, -0.1) is 0 Å². The summed E-state index contributed by atoms with van der Waals surface area (Å²) in [6.45, 7) is 0. The fourth-order valence-corrected chi connectivity index (χ4v) is 1.98. The van der Waals surface area contributed by atoms with E-state index >= 15 is 0 Å². The molecule has 0 bridgehead atoms. The van der Waals surface area contributed by atoms with Crippen molar-refractivity contribution in [1.82, 2.24) is 15.0 Å². The Morgan fingerprint density at radius 1 is 1.22 bits per heavy atom. The van der Waals surface area contributed by atoms with Crippen molar-refractivity contribution < 1.29 is 9.13 Å². The lowest BCUT2D eigenvalue weighted by molar-refractivity contribution is 0.374. The fraction of sp³-hybridized carbons (Fsp3) is 0.182. The molecule has 5 nitrogen and oxygen atoms in total. The lowest BCUT2D eigenvalue weighted by Gasteiger charge is -2.05. The first kappa shape index (κ1) is 12.6. The number of hydrogen-bond donors (Lipinski definition) is 1. The zero-order valence-electron chi connectivity index (χ0n) is 9.85. The Kier molecular flexibility index (Phi) is 3.93. The van der Waals surface area contributed by atoms with Crippen molar-refractivity contribution in [2.45, 2.75) is 10.1 Å². The number of aromatic nitrogens is 3. The van der Waals surface area contributed by atoms with Gasteiger partial charge in [-0.05, 0) is 23.9 Å². The van der Waals surface area contributed by atoms with E-state index in [9.17, 15) is 4.39 Å². The second-order valence-corrected chi connectivity index (χ2v) is 4.22. The van der Waals surface area contributed by atoms with Gasteiger partial charge in [0.25, 0.3) is 0 Å². The largest absolute Gasteiger partial charge is 0.467 e. The molecule has 0 aliphatic carbocycles. The Bertz CT molecular complexity index is 530. The van der Waals surface area contributed by atoms with Crippen LogP contribution in [0.4, 0.5) is 10.3 Å². The minimum absolute atomic E-state index is 0.188. The molecule has 1 heterocycles. The highest BCUT2D eigenvalue weighted by Crippen LogP contribution is 2.28.